The van der Waals surface area contributed by atoms with Gasteiger partial charge in [-0.25, -0.2) is 0 Å². The van der Waals surface area contributed by atoms with Gasteiger partial charge in [0.2, 0.25) is 0 Å². The third-order valence-corrected chi connectivity index (χ3v) is 1.69. The number of furan rings is 1. The molecular formula is C17H32O. The average Bonchev–Trinajstić information content (AvgIpc) is 2.82. The van der Waals surface area contributed by atoms with Gasteiger partial charge in [0.1, 0.15) is 5.76 Å². The molecule has 1 rings (SSSR count). The summed E-state index contributed by atoms with van der Waals surface area (Å²) in [5.41, 5.74) is 1.30. The van der Waals surface area contributed by atoms with Crippen LogP contribution in [0.3, 0.4) is 0 Å². The van der Waals surface area contributed by atoms with Gasteiger partial charge in [-0.05, 0) is 23.5 Å². The number of terminal acetylenes is 1. The molecule has 0 aliphatic heterocycles. The van der Waals surface area contributed by atoms with Crippen LogP contribution in [-0.4, -0.2) is 0 Å². The average molecular weight is 252 g/mol. The molecule has 0 aliphatic carbocycles. The molecule has 1 heterocycles. The van der Waals surface area contributed by atoms with E-state index in [9.17, 15) is 0 Å². The van der Waals surface area contributed by atoms with Crippen molar-refractivity contribution in [3.63, 3.8) is 0 Å². The van der Waals surface area contributed by atoms with Gasteiger partial charge in [0.15, 0.2) is 0 Å². The molecule has 1 aromatic rings. The number of hydrogen-bond acceptors (Lipinski definition) is 1. The van der Waals surface area contributed by atoms with Crippen molar-refractivity contribution in [3.05, 3.63) is 23.7 Å². The minimum atomic E-state index is 0.587. The SMILES string of the molecule is C#C.CC.CC(C)C.CCc1cc(C(C)C)co1. The van der Waals surface area contributed by atoms with Crippen LogP contribution >= 0.6 is 0 Å². The standard InChI is InChI=1S/C9H14O.C4H10.C2H6.C2H2/c1-4-9-5-8(6-10-9)7(2)3;1-4(2)3;2*1-2/h5-7H,4H2,1-3H3;4H,1-3H3;1-2H3;1-2H. The quantitative estimate of drug-likeness (QED) is 0.597. The molecule has 0 spiro atoms. The van der Waals surface area contributed by atoms with Crippen molar-refractivity contribution in [1.82, 2.24) is 0 Å². The van der Waals surface area contributed by atoms with Crippen molar-refractivity contribution < 1.29 is 4.42 Å². The predicted molar refractivity (Wildman–Crippen MR) is 83.9 cm³/mol. The van der Waals surface area contributed by atoms with Gasteiger partial charge in [-0.15, -0.1) is 12.8 Å². The van der Waals surface area contributed by atoms with E-state index in [4.69, 9.17) is 4.42 Å². The van der Waals surface area contributed by atoms with E-state index in [1.165, 1.54) is 5.56 Å². The highest BCUT2D eigenvalue weighted by atomic mass is 16.3. The smallest absolute Gasteiger partial charge is 0.103 e. The van der Waals surface area contributed by atoms with E-state index in [-0.39, 0.29) is 0 Å². The second-order valence-corrected chi connectivity index (χ2v) is 4.59. The normalized spacial score (nSPS) is 8.44. The van der Waals surface area contributed by atoms with Gasteiger partial charge in [-0.1, -0.05) is 55.4 Å². The Labute approximate surface area is 115 Å². The first-order valence-corrected chi connectivity index (χ1v) is 6.88. The van der Waals surface area contributed by atoms with Crippen LogP contribution in [0.1, 0.15) is 72.6 Å². The maximum atomic E-state index is 5.28. The lowest BCUT2D eigenvalue weighted by Gasteiger charge is -1.95. The van der Waals surface area contributed by atoms with Crippen molar-refractivity contribution in [3.8, 4) is 12.8 Å². The molecule has 0 bridgehead atoms. The fourth-order valence-corrected chi connectivity index (χ4v) is 0.886. The molecule has 106 valence electrons. The molecule has 18 heavy (non-hydrogen) atoms. The van der Waals surface area contributed by atoms with Crippen molar-refractivity contribution >= 4 is 0 Å². The summed E-state index contributed by atoms with van der Waals surface area (Å²) in [5.74, 6) is 2.51. The third-order valence-electron chi connectivity index (χ3n) is 1.69. The van der Waals surface area contributed by atoms with Crippen molar-refractivity contribution in [2.45, 2.75) is 67.7 Å². The second-order valence-electron chi connectivity index (χ2n) is 4.59. The van der Waals surface area contributed by atoms with Gasteiger partial charge >= 0.3 is 0 Å². The van der Waals surface area contributed by atoms with Crippen molar-refractivity contribution in [2.24, 2.45) is 5.92 Å². The summed E-state index contributed by atoms with van der Waals surface area (Å²) in [6.45, 7) is 16.9. The Morgan fingerprint density at radius 2 is 1.44 bits per heavy atom. The van der Waals surface area contributed by atoms with Gasteiger partial charge in [0.25, 0.3) is 0 Å². The van der Waals surface area contributed by atoms with Crippen LogP contribution < -0.4 is 0 Å². The Bertz CT molecular complexity index is 263. The highest BCUT2D eigenvalue weighted by Crippen LogP contribution is 2.17. The van der Waals surface area contributed by atoms with Crippen LogP contribution in [0.5, 0.6) is 0 Å². The van der Waals surface area contributed by atoms with Gasteiger partial charge in [0, 0.05) is 6.42 Å². The largest absolute Gasteiger partial charge is 0.469 e. The highest BCUT2D eigenvalue weighted by molar-refractivity contribution is 5.15. The van der Waals surface area contributed by atoms with E-state index >= 15 is 0 Å². The van der Waals surface area contributed by atoms with Crippen LogP contribution in [-0.2, 0) is 6.42 Å². The summed E-state index contributed by atoms with van der Waals surface area (Å²) < 4.78 is 5.28. The molecular weight excluding hydrogens is 220 g/mol. The molecule has 0 saturated heterocycles. The molecule has 0 atom stereocenters. The minimum Gasteiger partial charge on any atom is -0.469 e. The Morgan fingerprint density at radius 1 is 1.06 bits per heavy atom. The number of rotatable bonds is 2. The zero-order valence-corrected chi connectivity index (χ0v) is 13.6. The highest BCUT2D eigenvalue weighted by Gasteiger charge is 2.02. The van der Waals surface area contributed by atoms with Gasteiger partial charge in [-0.3, -0.25) is 0 Å². The Hall–Kier alpha value is -1.16. The molecule has 0 amide bonds. The minimum absolute atomic E-state index is 0.587. The van der Waals surface area contributed by atoms with Crippen LogP contribution in [0.15, 0.2) is 16.7 Å². The summed E-state index contributed by atoms with van der Waals surface area (Å²) in [6.07, 6.45) is 10.8. The molecule has 0 unspecified atom stereocenters. The van der Waals surface area contributed by atoms with Crippen molar-refractivity contribution in [2.75, 3.05) is 0 Å². The van der Waals surface area contributed by atoms with Crippen LogP contribution in [0.4, 0.5) is 0 Å². The maximum absolute atomic E-state index is 5.28. The topological polar surface area (TPSA) is 13.1 Å². The molecule has 1 aromatic heterocycles. The molecule has 0 saturated carbocycles. The maximum Gasteiger partial charge on any atom is 0.103 e. The van der Waals surface area contributed by atoms with E-state index in [0.29, 0.717) is 5.92 Å². The summed E-state index contributed by atoms with van der Waals surface area (Å²) >= 11 is 0. The summed E-state index contributed by atoms with van der Waals surface area (Å²) in [7, 11) is 0. The van der Waals surface area contributed by atoms with E-state index in [1.54, 1.807) is 0 Å². The van der Waals surface area contributed by atoms with E-state index < -0.39 is 0 Å². The monoisotopic (exact) mass is 252 g/mol. The summed E-state index contributed by atoms with van der Waals surface area (Å²) in [5, 5.41) is 0. The van der Waals surface area contributed by atoms with E-state index in [1.807, 2.05) is 20.1 Å². The lowest BCUT2D eigenvalue weighted by Crippen LogP contribution is -1.80. The Morgan fingerprint density at radius 3 is 1.61 bits per heavy atom. The summed E-state index contributed by atoms with van der Waals surface area (Å²) in [4.78, 5) is 0. The number of aryl methyl sites for hydroxylation is 1. The predicted octanol–water partition coefficient (Wildman–Crippen LogP) is 5.90. The molecule has 1 heteroatoms. The van der Waals surface area contributed by atoms with Gasteiger partial charge in [-0.2, -0.15) is 0 Å². The molecule has 0 fully saturated rings. The van der Waals surface area contributed by atoms with Crippen LogP contribution in [0, 0.1) is 18.8 Å². The molecule has 0 aromatic carbocycles. The van der Waals surface area contributed by atoms with Crippen molar-refractivity contribution in [1.29, 1.82) is 0 Å². The van der Waals surface area contributed by atoms with Crippen LogP contribution in [0.25, 0.3) is 0 Å². The lowest BCUT2D eigenvalue weighted by molar-refractivity contribution is 0.513. The zero-order chi connectivity index (χ0) is 15.1. The Kier molecular flexibility index (Phi) is 19.4. The van der Waals surface area contributed by atoms with Gasteiger partial charge < -0.3 is 4.42 Å². The molecule has 0 N–H and O–H groups in total. The van der Waals surface area contributed by atoms with Gasteiger partial charge in [0.05, 0.1) is 6.26 Å². The van der Waals surface area contributed by atoms with Crippen LogP contribution in [0.2, 0.25) is 0 Å². The lowest BCUT2D eigenvalue weighted by atomic mass is 10.1. The first kappa shape index (κ1) is 22.1. The van der Waals surface area contributed by atoms with E-state index in [2.05, 4.69) is 60.5 Å². The zero-order valence-electron chi connectivity index (χ0n) is 13.6. The Balaban J connectivity index is -0.000000238. The van der Waals surface area contributed by atoms with E-state index in [0.717, 1.165) is 18.1 Å². The fraction of sp³-hybridized carbons (Fsp3) is 0.647. The first-order chi connectivity index (χ1) is 8.47. The summed E-state index contributed by atoms with van der Waals surface area (Å²) in [6, 6.07) is 2.13. The number of hydrogen-bond donors (Lipinski definition) is 0. The second kappa shape index (κ2) is 15.8. The molecule has 0 aliphatic rings. The first-order valence-electron chi connectivity index (χ1n) is 6.88. The third kappa shape index (κ3) is 14.8. The molecule has 1 nitrogen and oxygen atoms in total. The fourth-order valence-electron chi connectivity index (χ4n) is 0.886. The molecule has 0 radical (unpaired) electrons.